The molecule has 0 aromatic heterocycles. The fraction of sp³-hybridized carbons (Fsp3) is 0.562. The average molecular weight is 329 g/mol. The number of carbonyl (C=O) groups excluding carboxylic acids is 1. The lowest BCUT2D eigenvalue weighted by Gasteiger charge is -2.28. The van der Waals surface area contributed by atoms with E-state index in [1.807, 2.05) is 0 Å². The number of ether oxygens (including phenoxy) is 1. The Balaban J connectivity index is 0.00000242. The maximum Gasteiger partial charge on any atom is 0.243 e. The van der Waals surface area contributed by atoms with E-state index in [0.717, 1.165) is 25.7 Å². The number of halogens is 1. The van der Waals surface area contributed by atoms with Crippen molar-refractivity contribution in [3.8, 4) is 5.75 Å². The van der Waals surface area contributed by atoms with E-state index in [9.17, 15) is 9.90 Å². The zero-order valence-electron chi connectivity index (χ0n) is 13.0. The highest BCUT2D eigenvalue weighted by Gasteiger charge is 2.25. The van der Waals surface area contributed by atoms with Crippen LogP contribution in [0.15, 0.2) is 24.3 Å². The van der Waals surface area contributed by atoms with Gasteiger partial charge < -0.3 is 20.9 Å². The Morgan fingerprint density at radius 2 is 1.86 bits per heavy atom. The molecule has 2 rings (SSSR count). The Kier molecular flexibility index (Phi) is 6.66. The Bertz CT molecular complexity index is 485. The number of amides is 1. The molecule has 22 heavy (non-hydrogen) atoms. The van der Waals surface area contributed by atoms with Gasteiger partial charge >= 0.3 is 0 Å². The molecule has 5 nitrogen and oxygen atoms in total. The molecule has 4 N–H and O–H groups in total. The summed E-state index contributed by atoms with van der Waals surface area (Å²) < 4.78 is 5.81. The monoisotopic (exact) mass is 328 g/mol. The predicted molar refractivity (Wildman–Crippen MR) is 89.5 cm³/mol. The second kappa shape index (κ2) is 7.81. The van der Waals surface area contributed by atoms with E-state index in [4.69, 9.17) is 10.5 Å². The van der Waals surface area contributed by atoms with Crippen LogP contribution in [-0.2, 0) is 4.79 Å². The number of nitrogens with two attached hydrogens (primary N) is 1. The molecular formula is C16H25ClN2O3. The van der Waals surface area contributed by atoms with Crippen molar-refractivity contribution >= 4 is 24.0 Å². The first-order chi connectivity index (χ1) is 9.86. The van der Waals surface area contributed by atoms with Crippen LogP contribution >= 0.6 is 12.4 Å². The summed E-state index contributed by atoms with van der Waals surface area (Å²) in [7, 11) is 0. The molecule has 1 amide bonds. The molecule has 1 aliphatic rings. The lowest BCUT2D eigenvalue weighted by molar-refractivity contribution is -0.120. The number of hydrogen-bond acceptors (Lipinski definition) is 4. The summed E-state index contributed by atoms with van der Waals surface area (Å²) in [6.07, 6.45) is 3.28. The van der Waals surface area contributed by atoms with Crippen molar-refractivity contribution in [2.24, 2.45) is 5.73 Å². The summed E-state index contributed by atoms with van der Waals surface area (Å²) in [4.78, 5) is 11.8. The van der Waals surface area contributed by atoms with Crippen molar-refractivity contribution in [3.63, 3.8) is 0 Å². The van der Waals surface area contributed by atoms with E-state index in [1.54, 1.807) is 38.1 Å². The normalized spacial score (nSPS) is 21.6. The van der Waals surface area contributed by atoms with Crippen LogP contribution in [0.25, 0.3) is 0 Å². The molecule has 0 saturated heterocycles. The first-order valence-electron chi connectivity index (χ1n) is 7.41. The molecule has 6 heteroatoms. The lowest BCUT2D eigenvalue weighted by atomic mass is 9.95. The Labute approximate surface area is 137 Å². The quantitative estimate of drug-likeness (QED) is 0.792. The molecule has 1 aromatic carbocycles. The molecule has 0 aliphatic heterocycles. The highest BCUT2D eigenvalue weighted by Crippen LogP contribution is 2.25. The second-order valence-electron chi connectivity index (χ2n) is 6.21. The number of aliphatic hydroxyl groups excluding tert-OH is 1. The molecule has 0 bridgehead atoms. The standard InChI is InChI=1S/C16H24N2O3.ClH/c1-16(2,17)15(20)18-11-7-9-12(10-8-11)21-14-6-4-3-5-13(14)19;/h7-10,13-14,19H,3-6,17H2,1-2H3,(H,18,20);1H. The van der Waals surface area contributed by atoms with Gasteiger partial charge in [0.15, 0.2) is 0 Å². The van der Waals surface area contributed by atoms with Crippen molar-refractivity contribution in [2.75, 3.05) is 5.32 Å². The third-order valence-corrected chi connectivity index (χ3v) is 3.65. The van der Waals surface area contributed by atoms with Gasteiger partial charge in [-0.2, -0.15) is 0 Å². The number of hydrogen-bond donors (Lipinski definition) is 3. The maximum atomic E-state index is 11.8. The van der Waals surface area contributed by atoms with Gasteiger partial charge in [0.2, 0.25) is 5.91 Å². The molecule has 1 fully saturated rings. The van der Waals surface area contributed by atoms with Crippen LogP contribution in [0, 0.1) is 0 Å². The van der Waals surface area contributed by atoms with E-state index in [-0.39, 0.29) is 24.4 Å². The van der Waals surface area contributed by atoms with Gasteiger partial charge in [0.1, 0.15) is 11.9 Å². The largest absolute Gasteiger partial charge is 0.488 e. The van der Waals surface area contributed by atoms with E-state index >= 15 is 0 Å². The van der Waals surface area contributed by atoms with Crippen LogP contribution < -0.4 is 15.8 Å². The summed E-state index contributed by atoms with van der Waals surface area (Å²) in [5.74, 6) is 0.463. The number of nitrogens with one attached hydrogen (secondary N) is 1. The van der Waals surface area contributed by atoms with Crippen molar-refractivity contribution < 1.29 is 14.6 Å². The van der Waals surface area contributed by atoms with Crippen molar-refractivity contribution in [2.45, 2.75) is 57.3 Å². The molecule has 0 radical (unpaired) electrons. The minimum absolute atomic E-state index is 0. The van der Waals surface area contributed by atoms with Gasteiger partial charge in [-0.25, -0.2) is 0 Å². The van der Waals surface area contributed by atoms with Gasteiger partial charge in [-0.15, -0.1) is 12.4 Å². The summed E-state index contributed by atoms with van der Waals surface area (Å²) in [6, 6.07) is 7.13. The number of benzene rings is 1. The first kappa shape index (κ1) is 18.7. The smallest absolute Gasteiger partial charge is 0.243 e. The average Bonchev–Trinajstić information content (AvgIpc) is 2.42. The summed E-state index contributed by atoms with van der Waals surface area (Å²) in [6.45, 7) is 3.31. The van der Waals surface area contributed by atoms with Crippen molar-refractivity contribution in [3.05, 3.63) is 24.3 Å². The Hall–Kier alpha value is -1.30. The third-order valence-electron chi connectivity index (χ3n) is 3.65. The van der Waals surface area contributed by atoms with E-state index in [1.165, 1.54) is 0 Å². The fourth-order valence-electron chi connectivity index (χ4n) is 2.30. The van der Waals surface area contributed by atoms with Crippen molar-refractivity contribution in [1.29, 1.82) is 0 Å². The first-order valence-corrected chi connectivity index (χ1v) is 7.41. The molecule has 0 spiro atoms. The Morgan fingerprint density at radius 3 is 2.41 bits per heavy atom. The van der Waals surface area contributed by atoms with Crippen LogP contribution in [0.5, 0.6) is 5.75 Å². The molecule has 0 heterocycles. The van der Waals surface area contributed by atoms with Crippen LogP contribution in [0.1, 0.15) is 39.5 Å². The number of aliphatic hydroxyl groups is 1. The number of carbonyl (C=O) groups is 1. The fourth-order valence-corrected chi connectivity index (χ4v) is 2.30. The number of rotatable bonds is 4. The topological polar surface area (TPSA) is 84.6 Å². The maximum absolute atomic E-state index is 11.8. The highest BCUT2D eigenvalue weighted by atomic mass is 35.5. The van der Waals surface area contributed by atoms with Gasteiger partial charge in [-0.3, -0.25) is 4.79 Å². The molecule has 2 unspecified atom stereocenters. The predicted octanol–water partition coefficient (Wildman–Crippen LogP) is 2.47. The molecule has 1 aromatic rings. The van der Waals surface area contributed by atoms with Crippen LogP contribution in [0.4, 0.5) is 5.69 Å². The van der Waals surface area contributed by atoms with Gasteiger partial charge in [0.25, 0.3) is 0 Å². The summed E-state index contributed by atoms with van der Waals surface area (Å²) in [5.41, 5.74) is 5.49. The summed E-state index contributed by atoms with van der Waals surface area (Å²) >= 11 is 0. The molecule has 1 aliphatic carbocycles. The lowest BCUT2D eigenvalue weighted by Crippen LogP contribution is -2.45. The van der Waals surface area contributed by atoms with Crippen LogP contribution in [-0.4, -0.2) is 28.8 Å². The van der Waals surface area contributed by atoms with Crippen LogP contribution in [0.3, 0.4) is 0 Å². The van der Waals surface area contributed by atoms with E-state index in [2.05, 4.69) is 5.32 Å². The number of anilines is 1. The zero-order chi connectivity index (χ0) is 15.5. The van der Waals surface area contributed by atoms with Gasteiger partial charge in [0.05, 0.1) is 11.6 Å². The molecule has 124 valence electrons. The van der Waals surface area contributed by atoms with Gasteiger partial charge in [-0.1, -0.05) is 6.42 Å². The third kappa shape index (κ3) is 5.16. The molecular weight excluding hydrogens is 304 g/mol. The van der Waals surface area contributed by atoms with E-state index < -0.39 is 11.6 Å². The van der Waals surface area contributed by atoms with Crippen molar-refractivity contribution in [1.82, 2.24) is 0 Å². The molecule has 1 saturated carbocycles. The second-order valence-corrected chi connectivity index (χ2v) is 6.21. The van der Waals surface area contributed by atoms with Gasteiger partial charge in [0, 0.05) is 5.69 Å². The zero-order valence-corrected chi connectivity index (χ0v) is 13.9. The molecule has 2 atom stereocenters. The minimum atomic E-state index is -0.915. The summed E-state index contributed by atoms with van der Waals surface area (Å²) in [5, 5.41) is 12.7. The van der Waals surface area contributed by atoms with Crippen LogP contribution in [0.2, 0.25) is 0 Å². The van der Waals surface area contributed by atoms with Gasteiger partial charge in [-0.05, 0) is 57.4 Å². The highest BCUT2D eigenvalue weighted by molar-refractivity contribution is 5.97. The minimum Gasteiger partial charge on any atom is -0.488 e. The van der Waals surface area contributed by atoms with E-state index in [0.29, 0.717) is 11.4 Å². The Morgan fingerprint density at radius 1 is 1.27 bits per heavy atom. The SMILES string of the molecule is CC(C)(N)C(=O)Nc1ccc(OC2CCCCC2O)cc1.Cl.